The molecular formula is C26H32ClN5O4. The number of carbonyl (C=O) groups excluding carboxylic acids is 4. The van der Waals surface area contributed by atoms with Crippen molar-refractivity contribution in [2.45, 2.75) is 57.0 Å². The zero-order chi connectivity index (χ0) is 25.4. The Morgan fingerprint density at radius 3 is 2.72 bits per heavy atom. The fourth-order valence-electron chi connectivity index (χ4n) is 6.26. The normalized spacial score (nSPS) is 26.8. The Bertz CT molecular complexity index is 1200. The quantitative estimate of drug-likeness (QED) is 0.471. The molecule has 2 saturated heterocycles. The van der Waals surface area contributed by atoms with E-state index in [1.165, 1.54) is 0 Å². The Hall–Kier alpha value is -3.07. The van der Waals surface area contributed by atoms with Gasteiger partial charge in [0.2, 0.25) is 17.7 Å². The van der Waals surface area contributed by atoms with Crippen molar-refractivity contribution >= 4 is 46.1 Å². The molecule has 0 spiro atoms. The van der Waals surface area contributed by atoms with Crippen LogP contribution in [0, 0.1) is 17.8 Å². The maximum Gasteiger partial charge on any atom is 0.271 e. The smallest absolute Gasteiger partial charge is 0.271 e. The maximum atomic E-state index is 13.7. The molecule has 36 heavy (non-hydrogen) atoms. The lowest BCUT2D eigenvalue weighted by atomic mass is 9.78. The van der Waals surface area contributed by atoms with Crippen LogP contribution in [0.25, 0.3) is 10.9 Å². The number of rotatable bonds is 6. The van der Waals surface area contributed by atoms with Gasteiger partial charge in [0.05, 0.1) is 10.5 Å². The molecule has 0 bridgehead atoms. The molecule has 5 rings (SSSR count). The molecule has 3 heterocycles. The number of likely N-dealkylation sites (tertiary alicyclic amines) is 1. The summed E-state index contributed by atoms with van der Waals surface area (Å²) in [5, 5.41) is 6.96. The first-order valence-corrected chi connectivity index (χ1v) is 13.2. The van der Waals surface area contributed by atoms with Crippen molar-refractivity contribution in [3.63, 3.8) is 0 Å². The van der Waals surface area contributed by atoms with Gasteiger partial charge in [0, 0.05) is 24.4 Å². The number of aromatic amines is 1. The van der Waals surface area contributed by atoms with Gasteiger partial charge in [-0.05, 0) is 56.1 Å². The van der Waals surface area contributed by atoms with E-state index in [4.69, 9.17) is 17.3 Å². The van der Waals surface area contributed by atoms with Crippen LogP contribution >= 0.6 is 11.6 Å². The van der Waals surface area contributed by atoms with E-state index in [2.05, 4.69) is 15.6 Å². The van der Waals surface area contributed by atoms with E-state index < -0.39 is 18.0 Å². The number of halogens is 1. The molecule has 192 valence electrons. The van der Waals surface area contributed by atoms with Crippen LogP contribution in [0.5, 0.6) is 0 Å². The minimum Gasteiger partial charge on any atom is -0.368 e. The first-order valence-electron chi connectivity index (χ1n) is 12.8. The summed E-state index contributed by atoms with van der Waals surface area (Å²) in [6, 6.07) is 5.54. The Labute approximate surface area is 214 Å². The number of hydrogen-bond donors (Lipinski definition) is 4. The second-order valence-electron chi connectivity index (χ2n) is 10.3. The summed E-state index contributed by atoms with van der Waals surface area (Å²) < 4.78 is 0. The summed E-state index contributed by atoms with van der Waals surface area (Å²) in [6.07, 6.45) is 5.49. The topological polar surface area (TPSA) is 137 Å². The van der Waals surface area contributed by atoms with Gasteiger partial charge >= 0.3 is 0 Å². The molecule has 1 aliphatic carbocycles. The van der Waals surface area contributed by atoms with Crippen molar-refractivity contribution < 1.29 is 19.2 Å². The zero-order valence-electron chi connectivity index (χ0n) is 20.1. The average molecular weight is 514 g/mol. The number of aromatic nitrogens is 1. The van der Waals surface area contributed by atoms with Gasteiger partial charge in [0.1, 0.15) is 17.8 Å². The van der Waals surface area contributed by atoms with Gasteiger partial charge in [0.15, 0.2) is 0 Å². The van der Waals surface area contributed by atoms with Gasteiger partial charge in [-0.1, -0.05) is 36.6 Å². The highest BCUT2D eigenvalue weighted by molar-refractivity contribution is 6.35. The maximum absolute atomic E-state index is 13.7. The van der Waals surface area contributed by atoms with E-state index in [0.29, 0.717) is 35.7 Å². The molecule has 9 nitrogen and oxygen atoms in total. The zero-order valence-corrected chi connectivity index (χ0v) is 20.9. The van der Waals surface area contributed by atoms with Crippen LogP contribution in [0.3, 0.4) is 0 Å². The van der Waals surface area contributed by atoms with E-state index in [0.717, 1.165) is 37.5 Å². The SMILES string of the molecule is NC(=O)C(C[C@@H]1CCCNC1=O)NC(=O)[C@@H]1[C@H]2CCCC[C@H]2CN1C(=O)c1cc2cccc(Cl)c2[nH]1. The second kappa shape index (κ2) is 10.1. The number of carbonyl (C=O) groups is 4. The highest BCUT2D eigenvalue weighted by atomic mass is 35.5. The van der Waals surface area contributed by atoms with E-state index in [1.54, 1.807) is 17.0 Å². The van der Waals surface area contributed by atoms with Crippen LogP contribution in [0.4, 0.5) is 0 Å². The first kappa shape index (κ1) is 24.6. The Kier molecular flexibility index (Phi) is 6.92. The summed E-state index contributed by atoms with van der Waals surface area (Å²) in [5.74, 6) is -1.58. The Morgan fingerprint density at radius 1 is 1.17 bits per heavy atom. The fourth-order valence-corrected chi connectivity index (χ4v) is 6.49. The summed E-state index contributed by atoms with van der Waals surface area (Å²) in [7, 11) is 0. The summed E-state index contributed by atoms with van der Waals surface area (Å²) >= 11 is 6.30. The summed E-state index contributed by atoms with van der Waals surface area (Å²) in [5.41, 5.74) is 6.69. The lowest BCUT2D eigenvalue weighted by Crippen LogP contribution is -2.55. The molecule has 5 N–H and O–H groups in total. The summed E-state index contributed by atoms with van der Waals surface area (Å²) in [6.45, 7) is 1.10. The number of benzene rings is 1. The minimum atomic E-state index is -0.974. The largest absolute Gasteiger partial charge is 0.368 e. The summed E-state index contributed by atoms with van der Waals surface area (Å²) in [4.78, 5) is 56.6. The van der Waals surface area contributed by atoms with Crippen LogP contribution in [0.2, 0.25) is 5.02 Å². The second-order valence-corrected chi connectivity index (χ2v) is 10.7. The highest BCUT2D eigenvalue weighted by Crippen LogP contribution is 2.41. The molecule has 2 aliphatic heterocycles. The Morgan fingerprint density at radius 2 is 1.97 bits per heavy atom. The number of primary amides is 1. The molecule has 1 aromatic heterocycles. The predicted molar refractivity (Wildman–Crippen MR) is 135 cm³/mol. The van der Waals surface area contributed by atoms with Crippen molar-refractivity contribution in [1.29, 1.82) is 0 Å². The number of H-pyrrole nitrogens is 1. The Balaban J connectivity index is 1.39. The van der Waals surface area contributed by atoms with E-state index in [1.807, 2.05) is 12.1 Å². The highest BCUT2D eigenvalue weighted by Gasteiger charge is 2.49. The van der Waals surface area contributed by atoms with Crippen LogP contribution < -0.4 is 16.4 Å². The number of nitrogens with one attached hydrogen (secondary N) is 3. The molecule has 10 heteroatoms. The molecule has 0 radical (unpaired) electrons. The molecule has 1 aromatic carbocycles. The van der Waals surface area contributed by atoms with Gasteiger partial charge in [-0.3, -0.25) is 19.2 Å². The van der Waals surface area contributed by atoms with Crippen molar-refractivity contribution in [1.82, 2.24) is 20.5 Å². The molecule has 1 saturated carbocycles. The molecule has 2 aromatic rings. The van der Waals surface area contributed by atoms with Crippen molar-refractivity contribution in [2.75, 3.05) is 13.1 Å². The third-order valence-corrected chi connectivity index (χ3v) is 8.40. The van der Waals surface area contributed by atoms with Crippen LogP contribution in [-0.4, -0.2) is 58.7 Å². The lowest BCUT2D eigenvalue weighted by molar-refractivity contribution is -0.133. The van der Waals surface area contributed by atoms with Gasteiger partial charge in [0.25, 0.3) is 5.91 Å². The van der Waals surface area contributed by atoms with Gasteiger partial charge in [-0.15, -0.1) is 0 Å². The standard InChI is InChI=1S/C26H32ClN5O4/c27-18-9-3-6-14-11-20(30-21(14)18)26(36)32-13-16-5-1-2-8-17(16)22(32)25(35)31-19(23(28)33)12-15-7-4-10-29-24(15)34/h3,6,9,11,15-17,19,22,30H,1-2,4-5,7-8,10,12-13H2,(H2,28,33)(H,29,34)(H,31,35)/t15-,16-,17-,19?,22-/m0/s1. The molecule has 3 aliphatic rings. The number of para-hydroxylation sites is 1. The van der Waals surface area contributed by atoms with Crippen molar-refractivity contribution in [2.24, 2.45) is 23.5 Å². The van der Waals surface area contributed by atoms with Crippen molar-refractivity contribution in [3.05, 3.63) is 35.0 Å². The molecule has 4 amide bonds. The van der Waals surface area contributed by atoms with E-state index >= 15 is 0 Å². The number of nitrogens with zero attached hydrogens (tertiary/aromatic N) is 1. The van der Waals surface area contributed by atoms with Crippen LogP contribution in [-0.2, 0) is 14.4 Å². The number of piperidine rings is 1. The monoisotopic (exact) mass is 513 g/mol. The number of amides is 4. The van der Waals surface area contributed by atoms with Gasteiger partial charge in [-0.2, -0.15) is 0 Å². The van der Waals surface area contributed by atoms with E-state index in [9.17, 15) is 19.2 Å². The predicted octanol–water partition coefficient (Wildman–Crippen LogP) is 2.34. The van der Waals surface area contributed by atoms with Crippen LogP contribution in [0.1, 0.15) is 55.4 Å². The van der Waals surface area contributed by atoms with Crippen molar-refractivity contribution in [3.8, 4) is 0 Å². The molecule has 3 fully saturated rings. The van der Waals surface area contributed by atoms with Gasteiger partial charge in [-0.25, -0.2) is 0 Å². The number of hydrogen-bond acceptors (Lipinski definition) is 4. The minimum absolute atomic E-state index is 0.0159. The number of fused-ring (bicyclic) bond motifs is 2. The lowest BCUT2D eigenvalue weighted by Gasteiger charge is -2.31. The molecular weight excluding hydrogens is 482 g/mol. The van der Waals surface area contributed by atoms with Crippen LogP contribution in [0.15, 0.2) is 24.3 Å². The third kappa shape index (κ3) is 4.68. The van der Waals surface area contributed by atoms with Gasteiger partial charge < -0.3 is 26.3 Å². The number of nitrogens with two attached hydrogens (primary N) is 1. The fraction of sp³-hybridized carbons (Fsp3) is 0.538. The molecule has 1 unspecified atom stereocenters. The third-order valence-electron chi connectivity index (χ3n) is 8.09. The first-order chi connectivity index (χ1) is 17.3. The van der Waals surface area contributed by atoms with E-state index in [-0.39, 0.29) is 41.9 Å². The average Bonchev–Trinajstić information content (AvgIpc) is 3.47. The molecule has 5 atom stereocenters.